The van der Waals surface area contributed by atoms with Gasteiger partial charge in [-0.25, -0.2) is 9.78 Å². The van der Waals surface area contributed by atoms with E-state index in [0.717, 1.165) is 17.3 Å². The van der Waals surface area contributed by atoms with Gasteiger partial charge in [0, 0.05) is 21.8 Å². The van der Waals surface area contributed by atoms with Crippen molar-refractivity contribution < 1.29 is 19.5 Å². The van der Waals surface area contributed by atoms with Crippen LogP contribution in [-0.2, 0) is 20.8 Å². The third-order valence-electron chi connectivity index (χ3n) is 4.77. The number of rotatable bonds is 6. The van der Waals surface area contributed by atoms with Crippen molar-refractivity contribution in [2.24, 2.45) is 0 Å². The summed E-state index contributed by atoms with van der Waals surface area (Å²) in [6.07, 6.45) is 1.63. The minimum Gasteiger partial charge on any atom is -0.477 e. The molecule has 1 fully saturated rings. The van der Waals surface area contributed by atoms with Crippen LogP contribution in [0.1, 0.15) is 11.3 Å². The minimum atomic E-state index is -1.22. The van der Waals surface area contributed by atoms with E-state index in [1.54, 1.807) is 12.1 Å². The smallest absolute Gasteiger partial charge is 0.353 e. The van der Waals surface area contributed by atoms with Gasteiger partial charge in [-0.1, -0.05) is 42.1 Å². The van der Waals surface area contributed by atoms with E-state index in [0.29, 0.717) is 15.6 Å². The molecule has 156 valence electrons. The number of carbonyl (C=O) groups excluding carboxylic acids is 2. The molecule has 1 aromatic carbocycles. The van der Waals surface area contributed by atoms with Crippen molar-refractivity contribution in [1.29, 1.82) is 5.26 Å². The molecule has 1 saturated heterocycles. The zero-order valence-electron chi connectivity index (χ0n) is 16.0. The third-order valence-corrected chi connectivity index (χ3v) is 7.37. The zero-order valence-corrected chi connectivity index (χ0v) is 17.7. The molecule has 1 aromatic heterocycles. The molecule has 0 unspecified atom stereocenters. The van der Waals surface area contributed by atoms with Crippen LogP contribution in [0.3, 0.4) is 0 Å². The maximum atomic E-state index is 12.7. The molecule has 0 saturated carbocycles. The Kier molecular flexibility index (Phi) is 5.97. The normalized spacial score (nSPS) is 19.8. The van der Waals surface area contributed by atoms with E-state index in [1.807, 2.05) is 36.4 Å². The quantitative estimate of drug-likeness (QED) is 0.638. The molecular formula is C21H16N4O4S2. The van der Waals surface area contributed by atoms with E-state index in [1.165, 1.54) is 22.9 Å². The number of β-lactam (4-membered cyclic amide) rings is 1. The average molecular weight is 453 g/mol. The highest BCUT2D eigenvalue weighted by Gasteiger charge is 2.54. The molecule has 0 bridgehead atoms. The molecule has 0 radical (unpaired) electrons. The van der Waals surface area contributed by atoms with Gasteiger partial charge >= 0.3 is 5.97 Å². The number of carboxylic acids is 1. The lowest BCUT2D eigenvalue weighted by atomic mass is 10.0. The Morgan fingerprint density at radius 1 is 1.29 bits per heavy atom. The summed E-state index contributed by atoms with van der Waals surface area (Å²) in [6.45, 7) is 0. The molecule has 2 N–H and O–H groups in total. The molecule has 2 amide bonds. The van der Waals surface area contributed by atoms with Crippen LogP contribution in [-0.4, -0.2) is 49.9 Å². The number of benzene rings is 1. The summed E-state index contributed by atoms with van der Waals surface area (Å²) in [5.41, 5.74) is 0.910. The predicted molar refractivity (Wildman–Crippen MR) is 115 cm³/mol. The van der Waals surface area contributed by atoms with Crippen molar-refractivity contribution in [3.05, 3.63) is 70.5 Å². The Labute approximate surface area is 186 Å². The van der Waals surface area contributed by atoms with Gasteiger partial charge in [0.05, 0.1) is 6.42 Å². The Balaban J connectivity index is 1.51. The van der Waals surface area contributed by atoms with Gasteiger partial charge in [-0.2, -0.15) is 5.26 Å². The van der Waals surface area contributed by atoms with Crippen LogP contribution in [0.15, 0.2) is 64.2 Å². The summed E-state index contributed by atoms with van der Waals surface area (Å²) in [5.74, 6) is -1.63. The fourth-order valence-corrected chi connectivity index (χ4v) is 5.89. The summed E-state index contributed by atoms with van der Waals surface area (Å²) < 4.78 is 0. The maximum Gasteiger partial charge on any atom is 0.353 e. The van der Waals surface area contributed by atoms with E-state index >= 15 is 0 Å². The van der Waals surface area contributed by atoms with E-state index in [2.05, 4.69) is 10.3 Å². The van der Waals surface area contributed by atoms with Crippen molar-refractivity contribution in [2.75, 3.05) is 5.75 Å². The van der Waals surface area contributed by atoms with Gasteiger partial charge in [0.25, 0.3) is 5.91 Å². The number of thioether (sulfide) groups is 2. The fraction of sp³-hybridized carbons (Fsp3) is 0.190. The molecule has 2 aliphatic rings. The summed E-state index contributed by atoms with van der Waals surface area (Å²) in [5, 5.41) is 21.3. The van der Waals surface area contributed by atoms with E-state index in [9.17, 15) is 24.8 Å². The van der Waals surface area contributed by atoms with E-state index in [-0.39, 0.29) is 23.7 Å². The molecule has 10 heteroatoms. The topological polar surface area (TPSA) is 123 Å². The van der Waals surface area contributed by atoms with Crippen molar-refractivity contribution >= 4 is 41.3 Å². The molecule has 2 aromatic rings. The summed E-state index contributed by atoms with van der Waals surface area (Å²) in [6, 6.07) is 13.7. The van der Waals surface area contributed by atoms with Gasteiger partial charge in [0.1, 0.15) is 23.2 Å². The van der Waals surface area contributed by atoms with E-state index in [4.69, 9.17) is 0 Å². The average Bonchev–Trinajstić information content (AvgIpc) is 2.78. The van der Waals surface area contributed by atoms with Crippen LogP contribution in [0.2, 0.25) is 0 Å². The molecule has 2 aliphatic heterocycles. The van der Waals surface area contributed by atoms with E-state index < -0.39 is 23.3 Å². The molecule has 0 aliphatic carbocycles. The number of hydrogen-bond donors (Lipinski definition) is 2. The van der Waals surface area contributed by atoms with Gasteiger partial charge < -0.3 is 10.4 Å². The van der Waals surface area contributed by atoms with Crippen LogP contribution in [0, 0.1) is 11.3 Å². The lowest BCUT2D eigenvalue weighted by molar-refractivity contribution is -0.150. The van der Waals surface area contributed by atoms with Crippen LogP contribution in [0.4, 0.5) is 0 Å². The number of nitrogens with zero attached hydrogens (tertiary/aromatic N) is 3. The number of hydrogen-bond acceptors (Lipinski definition) is 7. The summed E-state index contributed by atoms with van der Waals surface area (Å²) in [4.78, 5) is 43.3. The highest BCUT2D eigenvalue weighted by molar-refractivity contribution is 8.06. The van der Waals surface area contributed by atoms with Gasteiger partial charge in [-0.05, 0) is 17.7 Å². The fourth-order valence-electron chi connectivity index (χ4n) is 3.36. The Bertz CT molecular complexity index is 1130. The summed E-state index contributed by atoms with van der Waals surface area (Å²) >= 11 is 2.50. The first kappa shape index (κ1) is 21.0. The number of fused-ring (bicyclic) bond motifs is 1. The van der Waals surface area contributed by atoms with Crippen LogP contribution < -0.4 is 5.32 Å². The van der Waals surface area contributed by atoms with Gasteiger partial charge in [-0.3, -0.25) is 14.5 Å². The maximum absolute atomic E-state index is 12.7. The molecule has 31 heavy (non-hydrogen) atoms. The van der Waals surface area contributed by atoms with Crippen molar-refractivity contribution in [1.82, 2.24) is 15.2 Å². The van der Waals surface area contributed by atoms with Crippen LogP contribution in [0.5, 0.6) is 0 Å². The Morgan fingerprint density at radius 2 is 2.06 bits per heavy atom. The number of carboxylic acid groups (broad SMARTS) is 1. The predicted octanol–water partition coefficient (Wildman–Crippen LogP) is 1.98. The first-order valence-corrected chi connectivity index (χ1v) is 11.1. The SMILES string of the molecule is N#Cc1ncccc1SC1=C(C(=O)O)N2C(=O)[C@@H](NC(=O)Cc3ccccc3)[C@H]2SC1. The Hall–Kier alpha value is -3.29. The summed E-state index contributed by atoms with van der Waals surface area (Å²) in [7, 11) is 0. The largest absolute Gasteiger partial charge is 0.477 e. The first-order valence-electron chi connectivity index (χ1n) is 9.27. The Morgan fingerprint density at radius 3 is 2.77 bits per heavy atom. The number of pyridine rings is 1. The number of nitriles is 1. The minimum absolute atomic E-state index is 0.111. The molecule has 0 spiro atoms. The number of carbonyl (C=O) groups is 3. The second kappa shape index (κ2) is 8.83. The highest BCUT2D eigenvalue weighted by Crippen LogP contribution is 2.45. The van der Waals surface area contributed by atoms with Gasteiger partial charge in [-0.15, -0.1) is 11.8 Å². The molecule has 3 heterocycles. The molecular weight excluding hydrogens is 436 g/mol. The lowest BCUT2D eigenvalue weighted by Crippen LogP contribution is -2.70. The first-order chi connectivity index (χ1) is 15.0. The molecule has 4 rings (SSSR count). The second-order valence-electron chi connectivity index (χ2n) is 6.76. The number of nitrogens with one attached hydrogen (secondary N) is 1. The lowest BCUT2D eigenvalue weighted by Gasteiger charge is -2.49. The monoisotopic (exact) mass is 452 g/mol. The molecule has 2 atom stereocenters. The molecule has 8 nitrogen and oxygen atoms in total. The number of aromatic nitrogens is 1. The van der Waals surface area contributed by atoms with Crippen LogP contribution in [0.25, 0.3) is 0 Å². The van der Waals surface area contributed by atoms with Gasteiger partial charge in [0.2, 0.25) is 5.91 Å². The van der Waals surface area contributed by atoms with Crippen LogP contribution >= 0.6 is 23.5 Å². The van der Waals surface area contributed by atoms with Crippen molar-refractivity contribution in [3.63, 3.8) is 0 Å². The van der Waals surface area contributed by atoms with Crippen molar-refractivity contribution in [3.8, 4) is 6.07 Å². The highest BCUT2D eigenvalue weighted by atomic mass is 32.2. The standard InChI is InChI=1S/C21H16N4O4S2/c22-10-13-14(7-4-8-23-13)31-15-11-30-20-17(19(27)25(20)18(15)21(28)29)24-16(26)9-12-5-2-1-3-6-12/h1-8,17,20H,9,11H2,(H,24,26)(H,28,29)/t17-,20-/m1/s1. The van der Waals surface area contributed by atoms with Crippen molar-refractivity contribution in [2.45, 2.75) is 22.7 Å². The third kappa shape index (κ3) is 4.15. The number of aliphatic carboxylic acids is 1. The second-order valence-corrected chi connectivity index (χ2v) is 9.00. The van der Waals surface area contributed by atoms with Gasteiger partial charge in [0.15, 0.2) is 5.69 Å². The number of amides is 2. The zero-order chi connectivity index (χ0) is 22.0.